The van der Waals surface area contributed by atoms with E-state index in [1.165, 1.54) is 0 Å². The molecule has 0 radical (unpaired) electrons. The second-order valence-corrected chi connectivity index (χ2v) is 8.24. The molecule has 2 amide bonds. The molecular weight excluding hydrogens is 352 g/mol. The Hall–Kier alpha value is -2.82. The summed E-state index contributed by atoms with van der Waals surface area (Å²) in [6.45, 7) is 7.80. The summed E-state index contributed by atoms with van der Waals surface area (Å²) < 4.78 is 5.57. The van der Waals surface area contributed by atoms with E-state index in [2.05, 4.69) is 5.32 Å². The lowest BCUT2D eigenvalue weighted by Crippen LogP contribution is -2.53. The summed E-state index contributed by atoms with van der Waals surface area (Å²) in [4.78, 5) is 27.5. The highest BCUT2D eigenvalue weighted by molar-refractivity contribution is 5.87. The van der Waals surface area contributed by atoms with E-state index in [-0.39, 0.29) is 11.9 Å². The molecule has 0 spiro atoms. The van der Waals surface area contributed by atoms with E-state index in [0.29, 0.717) is 13.0 Å². The molecule has 2 atom stereocenters. The van der Waals surface area contributed by atoms with Crippen molar-refractivity contribution >= 4 is 12.0 Å². The van der Waals surface area contributed by atoms with Gasteiger partial charge in [0, 0.05) is 6.42 Å². The van der Waals surface area contributed by atoms with Crippen molar-refractivity contribution in [3.63, 3.8) is 0 Å². The Labute approximate surface area is 166 Å². The Morgan fingerprint density at radius 2 is 1.64 bits per heavy atom. The minimum absolute atomic E-state index is 0.147. The number of amides is 2. The Bertz CT molecular complexity index is 842. The fraction of sp³-hybridized carbons (Fsp3) is 0.391. The fourth-order valence-corrected chi connectivity index (χ4v) is 3.40. The zero-order chi connectivity index (χ0) is 20.3. The molecule has 5 heteroatoms. The van der Waals surface area contributed by atoms with E-state index >= 15 is 0 Å². The van der Waals surface area contributed by atoms with Crippen molar-refractivity contribution in [2.75, 3.05) is 0 Å². The van der Waals surface area contributed by atoms with Crippen molar-refractivity contribution in [3.05, 3.63) is 71.3 Å². The smallest absolute Gasteiger partial charge is 0.411 e. The molecule has 1 aliphatic rings. The highest BCUT2D eigenvalue weighted by Crippen LogP contribution is 2.26. The molecule has 0 fully saturated rings. The monoisotopic (exact) mass is 380 g/mol. The van der Waals surface area contributed by atoms with Gasteiger partial charge >= 0.3 is 6.09 Å². The van der Waals surface area contributed by atoms with Crippen LogP contribution in [0, 0.1) is 0 Å². The fourth-order valence-electron chi connectivity index (χ4n) is 3.40. The summed E-state index contributed by atoms with van der Waals surface area (Å²) >= 11 is 0. The number of fused-ring (bicyclic) bond motifs is 1. The van der Waals surface area contributed by atoms with Gasteiger partial charge in [-0.15, -0.1) is 0 Å². The predicted octanol–water partition coefficient (Wildman–Crippen LogP) is 4.23. The third-order valence-electron chi connectivity index (χ3n) is 4.84. The number of carbonyl (C=O) groups excluding carboxylic acids is 2. The van der Waals surface area contributed by atoms with Gasteiger partial charge in [-0.2, -0.15) is 0 Å². The number of hydrogen-bond acceptors (Lipinski definition) is 3. The van der Waals surface area contributed by atoms with E-state index in [1.54, 1.807) is 4.90 Å². The Morgan fingerprint density at radius 3 is 2.29 bits per heavy atom. The second kappa shape index (κ2) is 8.05. The SMILES string of the molecule is C[C@H](NC(=O)[C@@H]1Cc2ccccc2CN1C(=O)OC(C)(C)C)c1ccccc1. The second-order valence-electron chi connectivity index (χ2n) is 8.24. The maximum Gasteiger partial charge on any atom is 0.411 e. The van der Waals surface area contributed by atoms with Gasteiger partial charge in [0.2, 0.25) is 5.91 Å². The van der Waals surface area contributed by atoms with Crippen LogP contribution >= 0.6 is 0 Å². The van der Waals surface area contributed by atoms with Crippen molar-refractivity contribution < 1.29 is 14.3 Å². The average molecular weight is 380 g/mol. The minimum Gasteiger partial charge on any atom is -0.444 e. The van der Waals surface area contributed by atoms with Crippen molar-refractivity contribution in [2.24, 2.45) is 0 Å². The van der Waals surface area contributed by atoms with Gasteiger partial charge in [-0.25, -0.2) is 4.79 Å². The van der Waals surface area contributed by atoms with Gasteiger partial charge in [0.05, 0.1) is 12.6 Å². The minimum atomic E-state index is -0.619. The normalized spacial score (nSPS) is 17.4. The number of benzene rings is 2. The Kier molecular flexibility index (Phi) is 5.73. The van der Waals surface area contributed by atoms with Crippen LogP contribution in [0.5, 0.6) is 0 Å². The van der Waals surface area contributed by atoms with E-state index < -0.39 is 17.7 Å². The average Bonchev–Trinajstić information content (AvgIpc) is 2.66. The number of ether oxygens (including phenoxy) is 1. The lowest BCUT2D eigenvalue weighted by atomic mass is 9.93. The van der Waals surface area contributed by atoms with Gasteiger partial charge in [-0.3, -0.25) is 9.69 Å². The largest absolute Gasteiger partial charge is 0.444 e. The van der Waals surface area contributed by atoms with E-state index in [4.69, 9.17) is 4.74 Å². The molecule has 1 N–H and O–H groups in total. The van der Waals surface area contributed by atoms with Crippen LogP contribution in [0.3, 0.4) is 0 Å². The first-order valence-corrected chi connectivity index (χ1v) is 9.66. The van der Waals surface area contributed by atoms with E-state index in [1.807, 2.05) is 82.3 Å². The lowest BCUT2D eigenvalue weighted by Gasteiger charge is -2.37. The molecule has 5 nitrogen and oxygen atoms in total. The molecule has 0 bridgehead atoms. The van der Waals surface area contributed by atoms with Crippen LogP contribution in [0.2, 0.25) is 0 Å². The Morgan fingerprint density at radius 1 is 1.04 bits per heavy atom. The summed E-state index contributed by atoms with van der Waals surface area (Å²) in [5.41, 5.74) is 2.55. The third-order valence-corrected chi connectivity index (χ3v) is 4.84. The summed E-state index contributed by atoms with van der Waals surface area (Å²) in [6, 6.07) is 17.0. The van der Waals surface area contributed by atoms with Gasteiger partial charge < -0.3 is 10.1 Å². The molecule has 0 aromatic heterocycles. The summed E-state index contributed by atoms with van der Waals surface area (Å²) in [6.07, 6.45) is 0.0115. The van der Waals surface area contributed by atoms with Crippen LogP contribution < -0.4 is 5.32 Å². The first kappa shape index (κ1) is 19.9. The molecule has 0 saturated carbocycles. The highest BCUT2D eigenvalue weighted by Gasteiger charge is 2.37. The number of hydrogen-bond donors (Lipinski definition) is 1. The molecule has 0 unspecified atom stereocenters. The van der Waals surface area contributed by atoms with E-state index in [9.17, 15) is 9.59 Å². The summed E-state index contributed by atoms with van der Waals surface area (Å²) in [5.74, 6) is -0.170. The van der Waals surface area contributed by atoms with Gasteiger partial charge in [0.1, 0.15) is 11.6 Å². The molecule has 3 rings (SSSR count). The first-order valence-electron chi connectivity index (χ1n) is 9.66. The maximum absolute atomic E-state index is 13.1. The van der Waals surface area contributed by atoms with Gasteiger partial charge in [-0.1, -0.05) is 54.6 Å². The lowest BCUT2D eigenvalue weighted by molar-refractivity contribution is -0.127. The molecule has 0 aliphatic carbocycles. The molecule has 1 heterocycles. The summed E-state index contributed by atoms with van der Waals surface area (Å²) in [7, 11) is 0. The van der Waals surface area contributed by atoms with Crippen LogP contribution in [0.25, 0.3) is 0 Å². The van der Waals surface area contributed by atoms with Crippen LogP contribution in [0.4, 0.5) is 4.79 Å². The quantitative estimate of drug-likeness (QED) is 0.867. The molecule has 1 aliphatic heterocycles. The van der Waals surface area contributed by atoms with Gasteiger partial charge in [-0.05, 0) is 44.4 Å². The molecular formula is C23H28N2O3. The molecule has 2 aromatic rings. The van der Waals surface area contributed by atoms with Gasteiger partial charge in [0.25, 0.3) is 0 Å². The van der Waals surface area contributed by atoms with Crippen molar-refractivity contribution in [1.29, 1.82) is 0 Å². The zero-order valence-corrected chi connectivity index (χ0v) is 16.9. The summed E-state index contributed by atoms with van der Waals surface area (Å²) in [5, 5.41) is 3.06. The number of nitrogens with one attached hydrogen (secondary N) is 1. The van der Waals surface area contributed by atoms with Crippen LogP contribution in [0.1, 0.15) is 50.4 Å². The van der Waals surface area contributed by atoms with Crippen LogP contribution in [-0.2, 0) is 22.5 Å². The van der Waals surface area contributed by atoms with Crippen molar-refractivity contribution in [2.45, 2.75) is 58.3 Å². The molecule has 0 saturated heterocycles. The zero-order valence-electron chi connectivity index (χ0n) is 16.9. The molecule has 2 aromatic carbocycles. The molecule has 28 heavy (non-hydrogen) atoms. The van der Waals surface area contributed by atoms with Crippen molar-refractivity contribution in [1.82, 2.24) is 10.2 Å². The highest BCUT2D eigenvalue weighted by atomic mass is 16.6. The number of rotatable bonds is 3. The third kappa shape index (κ3) is 4.71. The van der Waals surface area contributed by atoms with Crippen LogP contribution in [0.15, 0.2) is 54.6 Å². The van der Waals surface area contributed by atoms with Crippen molar-refractivity contribution in [3.8, 4) is 0 Å². The predicted molar refractivity (Wildman–Crippen MR) is 109 cm³/mol. The van der Waals surface area contributed by atoms with Crippen LogP contribution in [-0.4, -0.2) is 28.5 Å². The topological polar surface area (TPSA) is 58.6 Å². The maximum atomic E-state index is 13.1. The first-order chi connectivity index (χ1) is 13.2. The Balaban J connectivity index is 1.82. The standard InChI is InChI=1S/C23H28N2O3/c1-16(17-10-6-5-7-11-17)24-21(26)20-14-18-12-8-9-13-19(18)15-25(20)22(27)28-23(2,3)4/h5-13,16,20H,14-15H2,1-4H3,(H,24,26)/t16-,20-/m0/s1. The number of nitrogens with zero attached hydrogens (tertiary/aromatic N) is 1. The molecule has 148 valence electrons. The van der Waals surface area contributed by atoms with E-state index in [0.717, 1.165) is 16.7 Å². The van der Waals surface area contributed by atoms with Gasteiger partial charge in [0.15, 0.2) is 0 Å². The number of carbonyl (C=O) groups is 2.